The Bertz CT molecular complexity index is 824. The summed E-state index contributed by atoms with van der Waals surface area (Å²) in [5.74, 6) is 0. The summed E-state index contributed by atoms with van der Waals surface area (Å²) in [5.41, 5.74) is 2.34. The molecular formula is C15H11ClN2O. The summed E-state index contributed by atoms with van der Waals surface area (Å²) in [6, 6.07) is 13.0. The SMILES string of the molecule is Cc1cccc(-n2cnc3cccc(Cl)c3c2=O)c1. The molecule has 0 amide bonds. The van der Waals surface area contributed by atoms with E-state index in [0.29, 0.717) is 15.9 Å². The van der Waals surface area contributed by atoms with Gasteiger partial charge in [-0.15, -0.1) is 0 Å². The van der Waals surface area contributed by atoms with Crippen molar-refractivity contribution in [3.05, 3.63) is 69.7 Å². The first-order valence-corrected chi connectivity index (χ1v) is 6.27. The van der Waals surface area contributed by atoms with E-state index in [1.165, 1.54) is 10.9 Å². The van der Waals surface area contributed by atoms with Gasteiger partial charge in [-0.1, -0.05) is 29.8 Å². The Labute approximate surface area is 115 Å². The number of aromatic nitrogens is 2. The van der Waals surface area contributed by atoms with Crippen molar-refractivity contribution < 1.29 is 0 Å². The molecule has 0 N–H and O–H groups in total. The normalized spacial score (nSPS) is 10.8. The van der Waals surface area contributed by atoms with Crippen molar-refractivity contribution in [2.75, 3.05) is 0 Å². The van der Waals surface area contributed by atoms with E-state index >= 15 is 0 Å². The molecular weight excluding hydrogens is 260 g/mol. The number of nitrogens with zero attached hydrogens (tertiary/aromatic N) is 2. The van der Waals surface area contributed by atoms with E-state index < -0.39 is 0 Å². The molecule has 3 aromatic rings. The van der Waals surface area contributed by atoms with Crippen LogP contribution in [-0.2, 0) is 0 Å². The monoisotopic (exact) mass is 270 g/mol. The Hall–Kier alpha value is -2.13. The Morgan fingerprint density at radius 1 is 1.16 bits per heavy atom. The molecule has 3 nitrogen and oxygen atoms in total. The molecule has 0 atom stereocenters. The molecule has 0 bridgehead atoms. The van der Waals surface area contributed by atoms with Crippen LogP contribution in [0.15, 0.2) is 53.6 Å². The zero-order valence-electron chi connectivity index (χ0n) is 10.3. The smallest absolute Gasteiger partial charge is 0.267 e. The fraction of sp³-hybridized carbons (Fsp3) is 0.0667. The average molecular weight is 271 g/mol. The lowest BCUT2D eigenvalue weighted by Gasteiger charge is -2.07. The van der Waals surface area contributed by atoms with E-state index in [0.717, 1.165) is 11.3 Å². The largest absolute Gasteiger partial charge is 0.268 e. The molecule has 4 heteroatoms. The average Bonchev–Trinajstić information content (AvgIpc) is 2.39. The summed E-state index contributed by atoms with van der Waals surface area (Å²) in [6.45, 7) is 1.98. The van der Waals surface area contributed by atoms with E-state index in [1.54, 1.807) is 18.2 Å². The maximum atomic E-state index is 12.5. The highest BCUT2D eigenvalue weighted by Crippen LogP contribution is 2.18. The summed E-state index contributed by atoms with van der Waals surface area (Å²) in [5, 5.41) is 0.880. The molecule has 0 saturated heterocycles. The van der Waals surface area contributed by atoms with E-state index in [1.807, 2.05) is 31.2 Å². The van der Waals surface area contributed by atoms with Crippen molar-refractivity contribution in [3.63, 3.8) is 0 Å². The second-order valence-electron chi connectivity index (χ2n) is 4.39. The third-order valence-electron chi connectivity index (χ3n) is 3.02. The number of aryl methyl sites for hydroxylation is 1. The molecule has 0 aliphatic heterocycles. The molecule has 0 aliphatic carbocycles. The zero-order chi connectivity index (χ0) is 13.4. The van der Waals surface area contributed by atoms with Gasteiger partial charge in [0.25, 0.3) is 5.56 Å². The minimum absolute atomic E-state index is 0.152. The number of benzene rings is 2. The highest BCUT2D eigenvalue weighted by molar-refractivity contribution is 6.35. The maximum absolute atomic E-state index is 12.5. The van der Waals surface area contributed by atoms with Crippen LogP contribution in [0.1, 0.15) is 5.56 Å². The molecule has 19 heavy (non-hydrogen) atoms. The standard InChI is InChI=1S/C15H11ClN2O/c1-10-4-2-5-11(8-10)18-9-17-13-7-3-6-12(16)14(13)15(18)19/h2-9H,1H3. The van der Waals surface area contributed by atoms with Gasteiger partial charge < -0.3 is 0 Å². The summed E-state index contributed by atoms with van der Waals surface area (Å²) in [7, 11) is 0. The summed E-state index contributed by atoms with van der Waals surface area (Å²) < 4.78 is 1.52. The van der Waals surface area contributed by atoms with Gasteiger partial charge in [0.05, 0.1) is 21.6 Å². The first-order chi connectivity index (χ1) is 9.16. The summed E-state index contributed by atoms with van der Waals surface area (Å²) >= 11 is 6.10. The molecule has 0 radical (unpaired) electrons. The summed E-state index contributed by atoms with van der Waals surface area (Å²) in [6.07, 6.45) is 1.54. The third-order valence-corrected chi connectivity index (χ3v) is 3.33. The van der Waals surface area contributed by atoms with Crippen LogP contribution in [0.3, 0.4) is 0 Å². The third kappa shape index (κ3) is 2.02. The van der Waals surface area contributed by atoms with Crippen LogP contribution in [0.5, 0.6) is 0 Å². The zero-order valence-corrected chi connectivity index (χ0v) is 11.1. The summed E-state index contributed by atoms with van der Waals surface area (Å²) in [4.78, 5) is 16.8. The second kappa shape index (κ2) is 4.52. The Morgan fingerprint density at radius 3 is 2.74 bits per heavy atom. The number of hydrogen-bond donors (Lipinski definition) is 0. The lowest BCUT2D eigenvalue weighted by molar-refractivity contribution is 0.961. The lowest BCUT2D eigenvalue weighted by atomic mass is 10.2. The number of rotatable bonds is 1. The molecule has 3 rings (SSSR count). The highest BCUT2D eigenvalue weighted by atomic mass is 35.5. The number of halogens is 1. The molecule has 0 saturated carbocycles. The first-order valence-electron chi connectivity index (χ1n) is 5.90. The predicted molar refractivity (Wildman–Crippen MR) is 77.1 cm³/mol. The van der Waals surface area contributed by atoms with Crippen molar-refractivity contribution in [2.45, 2.75) is 6.92 Å². The topological polar surface area (TPSA) is 34.9 Å². The fourth-order valence-electron chi connectivity index (χ4n) is 2.09. The van der Waals surface area contributed by atoms with Crippen LogP contribution in [0.4, 0.5) is 0 Å². The number of hydrogen-bond acceptors (Lipinski definition) is 2. The van der Waals surface area contributed by atoms with E-state index in [2.05, 4.69) is 4.98 Å². The van der Waals surface area contributed by atoms with Crippen molar-refractivity contribution >= 4 is 22.5 Å². The van der Waals surface area contributed by atoms with Crippen LogP contribution in [0.2, 0.25) is 5.02 Å². The molecule has 0 fully saturated rings. The highest BCUT2D eigenvalue weighted by Gasteiger charge is 2.08. The Kier molecular flexibility index (Phi) is 2.84. The van der Waals surface area contributed by atoms with Crippen molar-refractivity contribution in [3.8, 4) is 5.69 Å². The van der Waals surface area contributed by atoms with E-state index in [9.17, 15) is 4.79 Å². The first kappa shape index (κ1) is 11.9. The quantitative estimate of drug-likeness (QED) is 0.680. The fourth-order valence-corrected chi connectivity index (χ4v) is 2.34. The van der Waals surface area contributed by atoms with Gasteiger partial charge in [-0.25, -0.2) is 4.98 Å². The minimum Gasteiger partial charge on any atom is -0.268 e. The molecule has 1 heterocycles. The molecule has 0 aliphatic rings. The van der Waals surface area contributed by atoms with Crippen LogP contribution >= 0.6 is 11.6 Å². The maximum Gasteiger partial charge on any atom is 0.267 e. The molecule has 94 valence electrons. The van der Waals surface area contributed by atoms with Crippen LogP contribution < -0.4 is 5.56 Å². The van der Waals surface area contributed by atoms with Crippen molar-refractivity contribution in [1.82, 2.24) is 9.55 Å². The molecule has 1 aromatic heterocycles. The van der Waals surface area contributed by atoms with Crippen LogP contribution in [-0.4, -0.2) is 9.55 Å². The Balaban J connectivity index is 2.35. The molecule has 2 aromatic carbocycles. The predicted octanol–water partition coefficient (Wildman–Crippen LogP) is 3.35. The van der Waals surface area contributed by atoms with Gasteiger partial charge in [0.1, 0.15) is 6.33 Å². The van der Waals surface area contributed by atoms with Crippen molar-refractivity contribution in [1.29, 1.82) is 0 Å². The van der Waals surface area contributed by atoms with E-state index in [-0.39, 0.29) is 5.56 Å². The second-order valence-corrected chi connectivity index (χ2v) is 4.80. The van der Waals surface area contributed by atoms with Gasteiger partial charge in [0, 0.05) is 0 Å². The van der Waals surface area contributed by atoms with Gasteiger partial charge in [-0.05, 0) is 36.8 Å². The number of fused-ring (bicyclic) bond motifs is 1. The van der Waals surface area contributed by atoms with Gasteiger partial charge >= 0.3 is 0 Å². The van der Waals surface area contributed by atoms with Crippen LogP contribution in [0, 0.1) is 6.92 Å². The lowest BCUT2D eigenvalue weighted by Crippen LogP contribution is -2.19. The van der Waals surface area contributed by atoms with E-state index in [4.69, 9.17) is 11.6 Å². The van der Waals surface area contributed by atoms with Gasteiger partial charge in [-0.3, -0.25) is 9.36 Å². The van der Waals surface area contributed by atoms with Gasteiger partial charge in [-0.2, -0.15) is 0 Å². The Morgan fingerprint density at radius 2 is 1.95 bits per heavy atom. The van der Waals surface area contributed by atoms with Gasteiger partial charge in [0.2, 0.25) is 0 Å². The molecule has 0 unspecified atom stereocenters. The van der Waals surface area contributed by atoms with Gasteiger partial charge in [0.15, 0.2) is 0 Å². The van der Waals surface area contributed by atoms with Crippen LogP contribution in [0.25, 0.3) is 16.6 Å². The molecule has 0 spiro atoms. The minimum atomic E-state index is -0.152. The van der Waals surface area contributed by atoms with Crippen molar-refractivity contribution in [2.24, 2.45) is 0 Å².